The fourth-order valence-corrected chi connectivity index (χ4v) is 5.39. The van der Waals surface area contributed by atoms with E-state index in [0.717, 1.165) is 10.2 Å². The summed E-state index contributed by atoms with van der Waals surface area (Å²) in [5.41, 5.74) is -0.623. The first-order chi connectivity index (χ1) is 11.0. The van der Waals surface area contributed by atoms with Crippen LogP contribution in [0.3, 0.4) is 0 Å². The Hall–Kier alpha value is -1.41. The Morgan fingerprint density at radius 1 is 1.54 bits per heavy atom. The highest BCUT2D eigenvalue weighted by molar-refractivity contribution is 9.11. The zero-order chi connectivity index (χ0) is 17.9. The predicted octanol–water partition coefficient (Wildman–Crippen LogP) is 4.01. The van der Waals surface area contributed by atoms with Crippen LogP contribution in [0.2, 0.25) is 0 Å². The number of hydrogen-bond acceptors (Lipinski definition) is 4. The average molecular weight is 414 g/mol. The van der Waals surface area contributed by atoms with Crippen LogP contribution in [-0.4, -0.2) is 32.6 Å². The van der Waals surface area contributed by atoms with E-state index in [0.29, 0.717) is 22.6 Å². The Morgan fingerprint density at radius 2 is 2.21 bits per heavy atom. The van der Waals surface area contributed by atoms with Crippen molar-refractivity contribution in [1.82, 2.24) is 14.9 Å². The molecule has 0 spiro atoms. The van der Waals surface area contributed by atoms with Crippen LogP contribution >= 0.6 is 27.3 Å². The molecule has 1 aliphatic rings. The summed E-state index contributed by atoms with van der Waals surface area (Å²) >= 11 is 4.70. The molecule has 3 rings (SSSR count). The molecule has 2 atom stereocenters. The average Bonchev–Trinajstić information content (AvgIpc) is 2.98. The van der Waals surface area contributed by atoms with Gasteiger partial charge in [-0.25, -0.2) is 9.78 Å². The van der Waals surface area contributed by atoms with Gasteiger partial charge in [0.1, 0.15) is 16.1 Å². The van der Waals surface area contributed by atoms with Crippen molar-refractivity contribution in [3.05, 3.63) is 26.0 Å². The number of H-pyrrole nitrogens is 1. The number of thiophene rings is 1. The van der Waals surface area contributed by atoms with E-state index in [9.17, 15) is 14.7 Å². The van der Waals surface area contributed by atoms with E-state index in [-0.39, 0.29) is 16.9 Å². The van der Waals surface area contributed by atoms with E-state index < -0.39 is 11.6 Å². The van der Waals surface area contributed by atoms with Crippen molar-refractivity contribution in [3.63, 3.8) is 0 Å². The molecular formula is C16H20BrN3O3S. The van der Waals surface area contributed by atoms with Gasteiger partial charge in [-0.2, -0.15) is 0 Å². The number of aromatic nitrogens is 2. The van der Waals surface area contributed by atoms with E-state index in [1.165, 1.54) is 16.2 Å². The topological polar surface area (TPSA) is 86.3 Å². The third-order valence-electron chi connectivity index (χ3n) is 4.99. The van der Waals surface area contributed by atoms with Gasteiger partial charge in [-0.15, -0.1) is 11.3 Å². The van der Waals surface area contributed by atoms with Crippen LogP contribution in [0, 0.1) is 11.3 Å². The molecule has 24 heavy (non-hydrogen) atoms. The summed E-state index contributed by atoms with van der Waals surface area (Å²) < 4.78 is 1.37. The molecule has 2 aromatic rings. The highest BCUT2D eigenvalue weighted by atomic mass is 79.9. The molecule has 0 aromatic carbocycles. The Labute approximate surface area is 152 Å². The summed E-state index contributed by atoms with van der Waals surface area (Å²) in [5.74, 6) is 0.467. The molecule has 3 heterocycles. The predicted molar refractivity (Wildman–Crippen MR) is 97.6 cm³/mol. The summed E-state index contributed by atoms with van der Waals surface area (Å²) in [7, 11) is 0. The summed E-state index contributed by atoms with van der Waals surface area (Å²) in [6.45, 7) is 8.59. The maximum absolute atomic E-state index is 12.5. The van der Waals surface area contributed by atoms with E-state index in [2.05, 4.69) is 46.7 Å². The van der Waals surface area contributed by atoms with Crippen molar-refractivity contribution in [2.24, 2.45) is 11.3 Å². The summed E-state index contributed by atoms with van der Waals surface area (Å²) in [6.07, 6.45) is -0.250. The molecule has 0 saturated carbocycles. The van der Waals surface area contributed by atoms with Gasteiger partial charge in [-0.1, -0.05) is 20.8 Å². The Balaban J connectivity index is 2.25. The van der Waals surface area contributed by atoms with Crippen molar-refractivity contribution in [3.8, 4) is 0 Å². The lowest BCUT2D eigenvalue weighted by Crippen LogP contribution is -2.50. The van der Waals surface area contributed by atoms with Crippen LogP contribution in [0.4, 0.5) is 4.79 Å². The van der Waals surface area contributed by atoms with Gasteiger partial charge in [0.05, 0.1) is 9.30 Å². The van der Waals surface area contributed by atoms with Crippen molar-refractivity contribution in [1.29, 1.82) is 0 Å². The molecule has 130 valence electrons. The number of nitrogens with zero attached hydrogens (tertiary/aromatic N) is 2. The molecule has 1 unspecified atom stereocenters. The number of carboxylic acid groups (broad SMARTS) is 1. The molecule has 1 fully saturated rings. The largest absolute Gasteiger partial charge is 0.465 e. The highest BCUT2D eigenvalue weighted by Crippen LogP contribution is 2.50. The minimum atomic E-state index is -0.988. The van der Waals surface area contributed by atoms with Gasteiger partial charge in [0.25, 0.3) is 5.56 Å². The van der Waals surface area contributed by atoms with Crippen LogP contribution in [0.1, 0.15) is 39.9 Å². The van der Waals surface area contributed by atoms with E-state index in [1.54, 1.807) is 6.07 Å². The maximum atomic E-state index is 12.5. The normalized spacial score (nSPS) is 24.7. The Morgan fingerprint density at radius 3 is 2.79 bits per heavy atom. The van der Waals surface area contributed by atoms with Gasteiger partial charge in [0.15, 0.2) is 0 Å². The van der Waals surface area contributed by atoms with Crippen molar-refractivity contribution >= 4 is 43.6 Å². The smallest absolute Gasteiger partial charge is 0.408 e. The molecule has 1 saturated heterocycles. The van der Waals surface area contributed by atoms with Crippen LogP contribution in [0.25, 0.3) is 10.2 Å². The van der Waals surface area contributed by atoms with Crippen LogP contribution in [-0.2, 0) is 5.54 Å². The number of nitrogens with one attached hydrogen (secondary N) is 1. The molecule has 0 aliphatic carbocycles. The minimum Gasteiger partial charge on any atom is -0.465 e. The lowest BCUT2D eigenvalue weighted by atomic mass is 9.69. The Bertz CT molecular complexity index is 870. The SMILES string of the molecule is CC(C)(C)C1CCN(C(=O)O)[C@]1(C)c1nc2cc(Br)sc2c(=O)[nH]1. The third-order valence-corrected chi connectivity index (χ3v) is 6.62. The lowest BCUT2D eigenvalue weighted by molar-refractivity contribution is 0.0523. The number of carbonyl (C=O) groups is 1. The molecule has 8 heteroatoms. The fraction of sp³-hybridized carbons (Fsp3) is 0.562. The standard InChI is InChI=1S/C16H20BrN3O3S/c1-15(2,3)9-5-6-20(14(22)23)16(9,4)13-18-8-7-10(17)24-11(8)12(21)19-13/h7,9H,5-6H2,1-4H3,(H,22,23)(H,18,19,21)/t9?,16-/m0/s1. The quantitative estimate of drug-likeness (QED) is 0.739. The van der Waals surface area contributed by atoms with E-state index >= 15 is 0 Å². The number of amides is 1. The molecule has 2 N–H and O–H groups in total. The van der Waals surface area contributed by atoms with Gasteiger partial charge in [-0.3, -0.25) is 9.69 Å². The van der Waals surface area contributed by atoms with Crippen LogP contribution in [0.5, 0.6) is 0 Å². The van der Waals surface area contributed by atoms with Gasteiger partial charge in [-0.05, 0) is 46.7 Å². The second-order valence-electron chi connectivity index (χ2n) is 7.47. The number of aromatic amines is 1. The summed E-state index contributed by atoms with van der Waals surface area (Å²) in [5, 5.41) is 9.68. The first-order valence-electron chi connectivity index (χ1n) is 7.75. The summed E-state index contributed by atoms with van der Waals surface area (Å²) in [4.78, 5) is 33.2. The lowest BCUT2D eigenvalue weighted by Gasteiger charge is -2.42. The Kier molecular flexibility index (Phi) is 4.03. The van der Waals surface area contributed by atoms with Crippen LogP contribution < -0.4 is 5.56 Å². The number of rotatable bonds is 1. The monoisotopic (exact) mass is 413 g/mol. The molecule has 6 nitrogen and oxygen atoms in total. The van der Waals surface area contributed by atoms with Crippen LogP contribution in [0.15, 0.2) is 14.6 Å². The zero-order valence-electron chi connectivity index (χ0n) is 14.0. The van der Waals surface area contributed by atoms with Gasteiger partial charge >= 0.3 is 6.09 Å². The number of fused-ring (bicyclic) bond motifs is 1. The van der Waals surface area contributed by atoms with E-state index in [1.807, 2.05) is 6.92 Å². The first kappa shape index (κ1) is 17.4. The van der Waals surface area contributed by atoms with Gasteiger partial charge in [0, 0.05) is 6.54 Å². The maximum Gasteiger partial charge on any atom is 0.408 e. The molecule has 2 aromatic heterocycles. The minimum absolute atomic E-state index is 0.0452. The second kappa shape index (κ2) is 5.56. The number of hydrogen-bond donors (Lipinski definition) is 2. The second-order valence-corrected chi connectivity index (χ2v) is 9.90. The molecule has 1 amide bonds. The summed E-state index contributed by atoms with van der Waals surface area (Å²) in [6, 6.07) is 1.80. The first-order valence-corrected chi connectivity index (χ1v) is 9.36. The molecule has 0 radical (unpaired) electrons. The fourth-order valence-electron chi connectivity index (χ4n) is 3.97. The van der Waals surface area contributed by atoms with Crippen molar-refractivity contribution in [2.75, 3.05) is 6.54 Å². The highest BCUT2D eigenvalue weighted by Gasteiger charge is 2.54. The molecule has 1 aliphatic heterocycles. The third kappa shape index (κ3) is 2.56. The van der Waals surface area contributed by atoms with Crippen molar-refractivity contribution < 1.29 is 9.90 Å². The zero-order valence-corrected chi connectivity index (χ0v) is 16.4. The van der Waals surface area contributed by atoms with Gasteiger partial charge in [0.2, 0.25) is 0 Å². The van der Waals surface area contributed by atoms with Crippen molar-refractivity contribution in [2.45, 2.75) is 39.7 Å². The molecule has 0 bridgehead atoms. The molecular weight excluding hydrogens is 394 g/mol. The van der Waals surface area contributed by atoms with Gasteiger partial charge < -0.3 is 10.1 Å². The van der Waals surface area contributed by atoms with E-state index in [4.69, 9.17) is 0 Å². The number of halogens is 1. The number of likely N-dealkylation sites (tertiary alicyclic amines) is 1.